The number of ether oxygens (including phenoxy) is 1. The van der Waals surface area contributed by atoms with Gasteiger partial charge in [0.1, 0.15) is 0 Å². The maximum absolute atomic E-state index is 5.87. The van der Waals surface area contributed by atoms with Crippen molar-refractivity contribution in [3.05, 3.63) is 0 Å². The van der Waals surface area contributed by atoms with E-state index in [0.29, 0.717) is 18.1 Å². The molecule has 106 valence electrons. The van der Waals surface area contributed by atoms with Crippen molar-refractivity contribution < 1.29 is 4.74 Å². The summed E-state index contributed by atoms with van der Waals surface area (Å²) in [5, 5.41) is 3.94. The Labute approximate surface area is 113 Å². The zero-order valence-electron chi connectivity index (χ0n) is 12.6. The van der Waals surface area contributed by atoms with E-state index in [9.17, 15) is 0 Å². The van der Waals surface area contributed by atoms with E-state index in [1.54, 1.807) is 0 Å². The summed E-state index contributed by atoms with van der Waals surface area (Å²) in [5.74, 6) is 2.37. The van der Waals surface area contributed by atoms with Gasteiger partial charge in [0.2, 0.25) is 0 Å². The molecule has 2 fully saturated rings. The quantitative estimate of drug-likeness (QED) is 0.829. The average Bonchev–Trinajstić information content (AvgIpc) is 2.35. The van der Waals surface area contributed by atoms with Gasteiger partial charge in [0.05, 0.1) is 6.10 Å². The van der Waals surface area contributed by atoms with Crippen LogP contribution in [-0.4, -0.2) is 24.8 Å². The Morgan fingerprint density at radius 1 is 1.11 bits per heavy atom. The molecule has 1 saturated heterocycles. The zero-order valence-corrected chi connectivity index (χ0v) is 12.6. The van der Waals surface area contributed by atoms with Crippen LogP contribution in [0, 0.1) is 17.8 Å². The van der Waals surface area contributed by atoms with E-state index in [2.05, 4.69) is 33.0 Å². The zero-order chi connectivity index (χ0) is 13.1. The normalized spacial score (nSPS) is 42.2. The lowest BCUT2D eigenvalue weighted by molar-refractivity contribution is -0.0283. The van der Waals surface area contributed by atoms with E-state index in [-0.39, 0.29) is 0 Å². The van der Waals surface area contributed by atoms with Crippen molar-refractivity contribution in [2.75, 3.05) is 6.61 Å². The van der Waals surface area contributed by atoms with Gasteiger partial charge in [-0.3, -0.25) is 0 Å². The summed E-state index contributed by atoms with van der Waals surface area (Å²) in [6, 6.07) is 1.42. The van der Waals surface area contributed by atoms with Crippen molar-refractivity contribution in [1.82, 2.24) is 5.32 Å². The summed E-state index contributed by atoms with van der Waals surface area (Å²) in [7, 11) is 0. The van der Waals surface area contributed by atoms with Crippen molar-refractivity contribution in [2.45, 2.75) is 78.0 Å². The molecule has 0 amide bonds. The number of hydrogen-bond acceptors (Lipinski definition) is 2. The Morgan fingerprint density at radius 3 is 2.61 bits per heavy atom. The third kappa shape index (κ3) is 3.48. The Kier molecular flexibility index (Phi) is 5.08. The SMILES string of the molecule is CC(C)C1CC(NC2CCCC(C)C2C)CCO1. The molecule has 1 saturated carbocycles. The molecule has 0 aromatic carbocycles. The molecule has 1 N–H and O–H groups in total. The molecular formula is C16H31NO. The molecule has 1 aliphatic heterocycles. The van der Waals surface area contributed by atoms with Gasteiger partial charge in [0.25, 0.3) is 0 Å². The Bertz CT molecular complexity index is 253. The first-order valence-corrected chi connectivity index (χ1v) is 7.95. The largest absolute Gasteiger partial charge is 0.378 e. The molecule has 1 aliphatic carbocycles. The number of nitrogens with one attached hydrogen (secondary N) is 1. The van der Waals surface area contributed by atoms with Gasteiger partial charge in [-0.1, -0.05) is 40.5 Å². The minimum Gasteiger partial charge on any atom is -0.378 e. The lowest BCUT2D eigenvalue weighted by atomic mass is 9.77. The summed E-state index contributed by atoms with van der Waals surface area (Å²) in [4.78, 5) is 0. The molecule has 5 unspecified atom stereocenters. The fourth-order valence-corrected chi connectivity index (χ4v) is 3.56. The first kappa shape index (κ1) is 14.3. The maximum Gasteiger partial charge on any atom is 0.0612 e. The van der Waals surface area contributed by atoms with Crippen LogP contribution in [0.3, 0.4) is 0 Å². The minimum atomic E-state index is 0.465. The second-order valence-electron chi connectivity index (χ2n) is 6.92. The van der Waals surface area contributed by atoms with Crippen LogP contribution >= 0.6 is 0 Å². The van der Waals surface area contributed by atoms with Crippen LogP contribution in [0.1, 0.15) is 59.8 Å². The molecule has 1 heterocycles. The summed E-state index contributed by atoms with van der Waals surface area (Å²) >= 11 is 0. The van der Waals surface area contributed by atoms with E-state index in [1.165, 1.54) is 32.1 Å². The van der Waals surface area contributed by atoms with Gasteiger partial charge in [-0.05, 0) is 37.0 Å². The fourth-order valence-electron chi connectivity index (χ4n) is 3.56. The van der Waals surface area contributed by atoms with E-state index in [0.717, 1.165) is 24.5 Å². The molecule has 0 spiro atoms. The van der Waals surface area contributed by atoms with Crippen LogP contribution < -0.4 is 5.32 Å². The van der Waals surface area contributed by atoms with Gasteiger partial charge < -0.3 is 10.1 Å². The van der Waals surface area contributed by atoms with E-state index < -0.39 is 0 Å². The lowest BCUT2D eigenvalue weighted by Crippen LogP contribution is -2.49. The van der Waals surface area contributed by atoms with Crippen molar-refractivity contribution in [1.29, 1.82) is 0 Å². The van der Waals surface area contributed by atoms with Gasteiger partial charge in [-0.25, -0.2) is 0 Å². The van der Waals surface area contributed by atoms with Crippen LogP contribution in [0.2, 0.25) is 0 Å². The van der Waals surface area contributed by atoms with Crippen molar-refractivity contribution in [3.63, 3.8) is 0 Å². The summed E-state index contributed by atoms with van der Waals surface area (Å²) in [5.41, 5.74) is 0. The molecule has 0 bridgehead atoms. The minimum absolute atomic E-state index is 0.465. The van der Waals surface area contributed by atoms with Crippen molar-refractivity contribution >= 4 is 0 Å². The second kappa shape index (κ2) is 6.38. The third-order valence-corrected chi connectivity index (χ3v) is 5.22. The van der Waals surface area contributed by atoms with Gasteiger partial charge >= 0.3 is 0 Å². The van der Waals surface area contributed by atoms with Crippen molar-refractivity contribution in [2.24, 2.45) is 17.8 Å². The van der Waals surface area contributed by atoms with Crippen LogP contribution in [0.15, 0.2) is 0 Å². The van der Waals surface area contributed by atoms with Gasteiger partial charge in [-0.15, -0.1) is 0 Å². The van der Waals surface area contributed by atoms with E-state index >= 15 is 0 Å². The predicted molar refractivity (Wildman–Crippen MR) is 76.7 cm³/mol. The monoisotopic (exact) mass is 253 g/mol. The molecule has 2 rings (SSSR count). The molecule has 5 atom stereocenters. The Hall–Kier alpha value is -0.0800. The highest BCUT2D eigenvalue weighted by Crippen LogP contribution is 2.31. The molecule has 2 nitrogen and oxygen atoms in total. The Balaban J connectivity index is 1.84. The molecule has 0 aromatic rings. The standard InChI is InChI=1S/C16H31NO/c1-11(2)16-10-14(8-9-18-16)17-15-7-5-6-12(3)13(15)4/h11-17H,5-10H2,1-4H3. The number of rotatable bonds is 3. The van der Waals surface area contributed by atoms with E-state index in [1.807, 2.05) is 0 Å². The summed E-state index contributed by atoms with van der Waals surface area (Å²) in [6.45, 7) is 10.3. The molecule has 18 heavy (non-hydrogen) atoms. The van der Waals surface area contributed by atoms with E-state index in [4.69, 9.17) is 4.74 Å². The molecular weight excluding hydrogens is 222 g/mol. The van der Waals surface area contributed by atoms with Gasteiger partial charge in [0, 0.05) is 18.7 Å². The first-order chi connectivity index (χ1) is 8.58. The summed E-state index contributed by atoms with van der Waals surface area (Å²) < 4.78 is 5.87. The number of hydrogen-bond donors (Lipinski definition) is 1. The smallest absolute Gasteiger partial charge is 0.0612 e. The first-order valence-electron chi connectivity index (χ1n) is 7.95. The van der Waals surface area contributed by atoms with Crippen molar-refractivity contribution in [3.8, 4) is 0 Å². The van der Waals surface area contributed by atoms with Gasteiger partial charge in [0.15, 0.2) is 0 Å². The van der Waals surface area contributed by atoms with Crippen LogP contribution in [0.5, 0.6) is 0 Å². The average molecular weight is 253 g/mol. The third-order valence-electron chi connectivity index (χ3n) is 5.22. The maximum atomic E-state index is 5.87. The van der Waals surface area contributed by atoms with Crippen LogP contribution in [0.4, 0.5) is 0 Å². The molecule has 2 heteroatoms. The Morgan fingerprint density at radius 2 is 1.89 bits per heavy atom. The summed E-state index contributed by atoms with van der Waals surface area (Å²) in [6.07, 6.45) is 7.06. The topological polar surface area (TPSA) is 21.3 Å². The molecule has 0 radical (unpaired) electrons. The van der Waals surface area contributed by atoms with Crippen LogP contribution in [0.25, 0.3) is 0 Å². The van der Waals surface area contributed by atoms with Crippen LogP contribution in [-0.2, 0) is 4.74 Å². The highest BCUT2D eigenvalue weighted by atomic mass is 16.5. The second-order valence-corrected chi connectivity index (χ2v) is 6.92. The lowest BCUT2D eigenvalue weighted by Gasteiger charge is -2.40. The highest BCUT2D eigenvalue weighted by Gasteiger charge is 2.31. The van der Waals surface area contributed by atoms with Gasteiger partial charge in [-0.2, -0.15) is 0 Å². The highest BCUT2D eigenvalue weighted by molar-refractivity contribution is 4.87. The molecule has 2 aliphatic rings. The molecule has 0 aromatic heterocycles. The fraction of sp³-hybridized carbons (Fsp3) is 1.00. The predicted octanol–water partition coefficient (Wildman–Crippen LogP) is 3.60.